The van der Waals surface area contributed by atoms with Crippen LogP contribution in [0.3, 0.4) is 0 Å². The first-order chi connectivity index (χ1) is 5.24. The molecule has 64 valence electrons. The molecule has 0 aromatic carbocycles. The van der Waals surface area contributed by atoms with Crippen LogP contribution in [-0.4, -0.2) is 5.84 Å². The molecule has 0 saturated heterocycles. The Bertz CT molecular complexity index is 142. The summed E-state index contributed by atoms with van der Waals surface area (Å²) in [5, 5.41) is 7.33. The molecule has 0 aromatic rings. The molecule has 3 N–H and O–H groups in total. The van der Waals surface area contributed by atoms with Crippen LogP contribution >= 0.6 is 0 Å². The summed E-state index contributed by atoms with van der Waals surface area (Å²) in [6.45, 7) is 2.23. The maximum absolute atomic E-state index is 7.33. The molecule has 11 heavy (non-hydrogen) atoms. The van der Waals surface area contributed by atoms with Gasteiger partial charge in [0.15, 0.2) is 0 Å². The molecule has 1 rings (SSSR count). The van der Waals surface area contributed by atoms with E-state index >= 15 is 0 Å². The second kappa shape index (κ2) is 3.74. The van der Waals surface area contributed by atoms with Crippen LogP contribution in [0.5, 0.6) is 0 Å². The minimum Gasteiger partial charge on any atom is -0.387 e. The van der Waals surface area contributed by atoms with E-state index in [2.05, 4.69) is 6.92 Å². The molecule has 2 heteroatoms. The average molecular weight is 154 g/mol. The van der Waals surface area contributed by atoms with Crippen molar-refractivity contribution in [3.8, 4) is 0 Å². The predicted octanol–water partition coefficient (Wildman–Crippen LogP) is 2.14. The van der Waals surface area contributed by atoms with Gasteiger partial charge in [-0.15, -0.1) is 0 Å². The van der Waals surface area contributed by atoms with Crippen molar-refractivity contribution in [1.82, 2.24) is 0 Å². The monoisotopic (exact) mass is 154 g/mol. The van der Waals surface area contributed by atoms with Gasteiger partial charge in [0.1, 0.15) is 0 Å². The van der Waals surface area contributed by atoms with Gasteiger partial charge in [-0.25, -0.2) is 0 Å². The lowest BCUT2D eigenvalue weighted by atomic mass is 9.80. The van der Waals surface area contributed by atoms with E-state index in [0.717, 1.165) is 18.8 Å². The summed E-state index contributed by atoms with van der Waals surface area (Å²) < 4.78 is 0. The summed E-state index contributed by atoms with van der Waals surface area (Å²) in [4.78, 5) is 0. The van der Waals surface area contributed by atoms with Gasteiger partial charge < -0.3 is 5.73 Å². The van der Waals surface area contributed by atoms with Crippen molar-refractivity contribution in [2.75, 3.05) is 0 Å². The van der Waals surface area contributed by atoms with Crippen LogP contribution in [0.1, 0.15) is 39.0 Å². The third-order valence-corrected chi connectivity index (χ3v) is 2.80. The van der Waals surface area contributed by atoms with Gasteiger partial charge in [-0.1, -0.05) is 26.2 Å². The zero-order valence-electron chi connectivity index (χ0n) is 7.27. The highest BCUT2D eigenvalue weighted by Gasteiger charge is 2.22. The number of nitrogens with one attached hydrogen (secondary N) is 1. The lowest BCUT2D eigenvalue weighted by Crippen LogP contribution is -2.27. The minimum absolute atomic E-state index is 0.397. The Balaban J connectivity index is 2.39. The van der Waals surface area contributed by atoms with E-state index in [1.54, 1.807) is 0 Å². The lowest BCUT2D eigenvalue weighted by Gasteiger charge is -2.27. The Morgan fingerprint density at radius 3 is 2.82 bits per heavy atom. The second-order valence-corrected chi connectivity index (χ2v) is 3.59. The highest BCUT2D eigenvalue weighted by molar-refractivity contribution is 5.79. The summed E-state index contributed by atoms with van der Waals surface area (Å²) in [6.07, 6.45) is 6.17. The number of nitrogens with two attached hydrogens (primary N) is 1. The van der Waals surface area contributed by atoms with E-state index < -0.39 is 0 Å². The quantitative estimate of drug-likeness (QED) is 0.464. The fraction of sp³-hybridized carbons (Fsp3) is 0.889. The van der Waals surface area contributed by atoms with E-state index in [-0.39, 0.29) is 0 Å². The first-order valence-corrected chi connectivity index (χ1v) is 4.58. The third kappa shape index (κ3) is 2.21. The van der Waals surface area contributed by atoms with Gasteiger partial charge in [-0.3, -0.25) is 5.41 Å². The van der Waals surface area contributed by atoms with Crippen molar-refractivity contribution in [2.24, 2.45) is 17.6 Å². The molecule has 1 saturated carbocycles. The van der Waals surface area contributed by atoms with E-state index in [4.69, 9.17) is 11.1 Å². The second-order valence-electron chi connectivity index (χ2n) is 3.59. The van der Waals surface area contributed by atoms with Crippen molar-refractivity contribution in [1.29, 1.82) is 5.41 Å². The topological polar surface area (TPSA) is 49.9 Å². The van der Waals surface area contributed by atoms with Crippen LogP contribution in [-0.2, 0) is 0 Å². The van der Waals surface area contributed by atoms with Gasteiger partial charge in [-0.05, 0) is 18.8 Å². The number of rotatable bonds is 2. The zero-order valence-corrected chi connectivity index (χ0v) is 7.27. The van der Waals surface area contributed by atoms with Crippen molar-refractivity contribution in [3.05, 3.63) is 0 Å². The first kappa shape index (κ1) is 8.57. The Hall–Kier alpha value is -0.530. The predicted molar refractivity (Wildman–Crippen MR) is 47.7 cm³/mol. The minimum atomic E-state index is 0.397. The van der Waals surface area contributed by atoms with Gasteiger partial charge in [0.25, 0.3) is 0 Å². The van der Waals surface area contributed by atoms with Gasteiger partial charge in [-0.2, -0.15) is 0 Å². The highest BCUT2D eigenvalue weighted by atomic mass is 14.7. The molecular weight excluding hydrogens is 136 g/mol. The molecule has 1 fully saturated rings. The van der Waals surface area contributed by atoms with Crippen LogP contribution in [0.25, 0.3) is 0 Å². The number of amidine groups is 1. The Morgan fingerprint density at radius 1 is 1.55 bits per heavy atom. The Kier molecular flexibility index (Phi) is 2.92. The van der Waals surface area contributed by atoms with E-state index in [0.29, 0.717) is 11.8 Å². The largest absolute Gasteiger partial charge is 0.387 e. The molecule has 0 heterocycles. The normalized spacial score (nSPS) is 31.7. The molecule has 1 aliphatic rings. The smallest absolute Gasteiger partial charge is 0.0937 e. The Morgan fingerprint density at radius 2 is 2.27 bits per heavy atom. The van der Waals surface area contributed by atoms with E-state index in [1.165, 1.54) is 19.3 Å². The SMILES string of the molecule is CCC1CCCC(C(=N)N)C1. The van der Waals surface area contributed by atoms with E-state index in [9.17, 15) is 0 Å². The average Bonchev–Trinajstić information content (AvgIpc) is 2.05. The van der Waals surface area contributed by atoms with Crippen LogP contribution in [0.4, 0.5) is 0 Å². The van der Waals surface area contributed by atoms with Crippen LogP contribution < -0.4 is 5.73 Å². The van der Waals surface area contributed by atoms with Gasteiger partial charge in [0.05, 0.1) is 5.84 Å². The standard InChI is InChI=1S/C9H18N2/c1-2-7-4-3-5-8(6-7)9(10)11/h7-8H,2-6H2,1H3,(H3,10,11). The first-order valence-electron chi connectivity index (χ1n) is 4.58. The molecular formula is C9H18N2. The molecule has 0 bridgehead atoms. The molecule has 0 radical (unpaired) electrons. The fourth-order valence-corrected chi connectivity index (χ4v) is 1.94. The molecule has 1 aliphatic carbocycles. The summed E-state index contributed by atoms with van der Waals surface area (Å²) in [5.74, 6) is 1.63. The maximum Gasteiger partial charge on any atom is 0.0937 e. The van der Waals surface area contributed by atoms with Gasteiger partial charge >= 0.3 is 0 Å². The van der Waals surface area contributed by atoms with Crippen molar-refractivity contribution in [3.63, 3.8) is 0 Å². The van der Waals surface area contributed by atoms with Gasteiger partial charge in [0, 0.05) is 5.92 Å². The summed E-state index contributed by atoms with van der Waals surface area (Å²) in [5.41, 5.74) is 5.47. The fourth-order valence-electron chi connectivity index (χ4n) is 1.94. The molecule has 2 nitrogen and oxygen atoms in total. The van der Waals surface area contributed by atoms with Crippen molar-refractivity contribution >= 4 is 5.84 Å². The number of hydrogen-bond donors (Lipinski definition) is 2. The maximum atomic E-state index is 7.33. The third-order valence-electron chi connectivity index (χ3n) is 2.80. The molecule has 0 aromatic heterocycles. The molecule has 0 spiro atoms. The van der Waals surface area contributed by atoms with Crippen LogP contribution in [0.15, 0.2) is 0 Å². The molecule has 0 amide bonds. The van der Waals surface area contributed by atoms with Crippen LogP contribution in [0.2, 0.25) is 0 Å². The lowest BCUT2D eigenvalue weighted by molar-refractivity contribution is 0.308. The molecule has 0 aliphatic heterocycles. The Labute approximate surface area is 68.7 Å². The highest BCUT2D eigenvalue weighted by Crippen LogP contribution is 2.30. The summed E-state index contributed by atoms with van der Waals surface area (Å²) >= 11 is 0. The molecule has 2 atom stereocenters. The van der Waals surface area contributed by atoms with Crippen molar-refractivity contribution < 1.29 is 0 Å². The van der Waals surface area contributed by atoms with E-state index in [1.807, 2.05) is 0 Å². The van der Waals surface area contributed by atoms with Gasteiger partial charge in [0.2, 0.25) is 0 Å². The number of hydrogen-bond acceptors (Lipinski definition) is 1. The van der Waals surface area contributed by atoms with Crippen LogP contribution in [0, 0.1) is 17.2 Å². The zero-order chi connectivity index (χ0) is 8.27. The van der Waals surface area contributed by atoms with Crippen molar-refractivity contribution in [2.45, 2.75) is 39.0 Å². The summed E-state index contributed by atoms with van der Waals surface area (Å²) in [7, 11) is 0. The molecule has 2 unspecified atom stereocenters. The summed E-state index contributed by atoms with van der Waals surface area (Å²) in [6, 6.07) is 0.